The van der Waals surface area contributed by atoms with Gasteiger partial charge >= 0.3 is 0 Å². The number of thiophene rings is 1. The summed E-state index contributed by atoms with van der Waals surface area (Å²) >= 11 is 1.79. The lowest BCUT2D eigenvalue weighted by molar-refractivity contribution is 1.07. The minimum atomic E-state index is 0.625. The van der Waals surface area contributed by atoms with Gasteiger partial charge in [-0.2, -0.15) is 0 Å². The highest BCUT2D eigenvalue weighted by molar-refractivity contribution is 7.25. The van der Waals surface area contributed by atoms with Gasteiger partial charge in [-0.25, -0.2) is 29.9 Å². The van der Waals surface area contributed by atoms with Crippen LogP contribution in [0, 0.1) is 0 Å². The lowest BCUT2D eigenvalue weighted by atomic mass is 10.0. The van der Waals surface area contributed by atoms with Gasteiger partial charge in [0.25, 0.3) is 0 Å². The average molecular weight is 723 g/mol. The van der Waals surface area contributed by atoms with Gasteiger partial charge < -0.3 is 0 Å². The summed E-state index contributed by atoms with van der Waals surface area (Å²) in [6.45, 7) is 0. The fourth-order valence-corrected chi connectivity index (χ4v) is 7.92. The number of hydrogen-bond acceptors (Lipinski definition) is 7. The van der Waals surface area contributed by atoms with Crippen molar-refractivity contribution in [2.75, 3.05) is 0 Å². The Bertz CT molecular complexity index is 2890. The molecule has 55 heavy (non-hydrogen) atoms. The van der Waals surface area contributed by atoms with Crippen molar-refractivity contribution < 1.29 is 0 Å². The van der Waals surface area contributed by atoms with E-state index in [4.69, 9.17) is 29.9 Å². The zero-order valence-electron chi connectivity index (χ0n) is 29.4. The second-order valence-electron chi connectivity index (χ2n) is 13.2. The van der Waals surface area contributed by atoms with Crippen LogP contribution in [0.1, 0.15) is 0 Å². The van der Waals surface area contributed by atoms with Crippen molar-refractivity contribution in [3.05, 3.63) is 182 Å². The van der Waals surface area contributed by atoms with E-state index in [-0.39, 0.29) is 0 Å². The Morgan fingerprint density at radius 2 is 0.545 bits per heavy atom. The third kappa shape index (κ3) is 6.43. The van der Waals surface area contributed by atoms with Gasteiger partial charge in [0.05, 0.1) is 0 Å². The van der Waals surface area contributed by atoms with Crippen molar-refractivity contribution in [1.82, 2.24) is 29.9 Å². The summed E-state index contributed by atoms with van der Waals surface area (Å²) in [6.07, 6.45) is 0. The second kappa shape index (κ2) is 14.0. The molecule has 0 aliphatic rings. The van der Waals surface area contributed by atoms with Crippen LogP contribution in [0.4, 0.5) is 0 Å². The highest BCUT2D eigenvalue weighted by atomic mass is 32.1. The molecule has 0 aliphatic carbocycles. The van der Waals surface area contributed by atoms with Crippen molar-refractivity contribution in [2.45, 2.75) is 0 Å². The van der Waals surface area contributed by atoms with Crippen molar-refractivity contribution >= 4 is 31.5 Å². The Kier molecular flexibility index (Phi) is 8.24. The zero-order chi connectivity index (χ0) is 36.6. The molecule has 0 saturated carbocycles. The lowest BCUT2D eigenvalue weighted by Gasteiger charge is -2.10. The molecule has 3 heterocycles. The maximum Gasteiger partial charge on any atom is 0.164 e. The van der Waals surface area contributed by atoms with E-state index in [2.05, 4.69) is 91.0 Å². The third-order valence-corrected chi connectivity index (χ3v) is 10.8. The molecule has 7 aromatic carbocycles. The number of hydrogen-bond donors (Lipinski definition) is 0. The van der Waals surface area contributed by atoms with Crippen LogP contribution in [0.3, 0.4) is 0 Å². The van der Waals surface area contributed by atoms with Crippen LogP contribution in [0.5, 0.6) is 0 Å². The van der Waals surface area contributed by atoms with Crippen molar-refractivity contribution in [1.29, 1.82) is 0 Å². The molecule has 258 valence electrons. The van der Waals surface area contributed by atoms with Gasteiger partial charge in [0.15, 0.2) is 34.9 Å². The van der Waals surface area contributed by atoms with Gasteiger partial charge in [-0.3, -0.25) is 0 Å². The van der Waals surface area contributed by atoms with Crippen molar-refractivity contribution in [3.63, 3.8) is 0 Å². The molecule has 0 bridgehead atoms. The summed E-state index contributed by atoms with van der Waals surface area (Å²) in [6, 6.07) is 61.9. The van der Waals surface area contributed by atoms with Gasteiger partial charge in [-0.05, 0) is 23.3 Å². The number of benzene rings is 7. The van der Waals surface area contributed by atoms with E-state index >= 15 is 0 Å². The van der Waals surface area contributed by atoms with Crippen LogP contribution in [0.2, 0.25) is 0 Å². The SMILES string of the molecule is c1ccc(-c2nc(-c3ccccc3)nc(-c3ccc(-c4ccc(-c5nc(-c6ccccc6)nc(-c6ccc7c(c6)sc6ccccc67)n5)cc4)cc3)n2)cc1. The fourth-order valence-electron chi connectivity index (χ4n) is 6.78. The summed E-state index contributed by atoms with van der Waals surface area (Å²) in [5.41, 5.74) is 7.77. The van der Waals surface area contributed by atoms with Gasteiger partial charge in [0.1, 0.15) is 0 Å². The predicted molar refractivity (Wildman–Crippen MR) is 224 cm³/mol. The molecule has 10 aromatic rings. The molecule has 0 radical (unpaired) electrons. The van der Waals surface area contributed by atoms with E-state index < -0.39 is 0 Å². The van der Waals surface area contributed by atoms with E-state index in [9.17, 15) is 0 Å². The van der Waals surface area contributed by atoms with Gasteiger partial charge in [-0.1, -0.05) is 170 Å². The van der Waals surface area contributed by atoms with E-state index in [1.807, 2.05) is 91.0 Å². The first kappa shape index (κ1) is 32.4. The molecule has 0 spiro atoms. The predicted octanol–water partition coefficient (Wildman–Crippen LogP) is 12.1. The number of rotatable bonds is 7. The van der Waals surface area contributed by atoms with E-state index in [0.29, 0.717) is 34.9 Å². The number of nitrogens with zero attached hydrogens (tertiary/aromatic N) is 6. The Morgan fingerprint density at radius 3 is 0.982 bits per heavy atom. The Balaban J connectivity index is 0.981. The van der Waals surface area contributed by atoms with E-state index in [0.717, 1.165) is 44.5 Å². The molecule has 6 nitrogen and oxygen atoms in total. The average Bonchev–Trinajstić information content (AvgIpc) is 3.65. The van der Waals surface area contributed by atoms with Crippen LogP contribution >= 0.6 is 11.3 Å². The molecule has 0 unspecified atom stereocenters. The van der Waals surface area contributed by atoms with Gasteiger partial charge in [0.2, 0.25) is 0 Å². The minimum Gasteiger partial charge on any atom is -0.208 e. The maximum atomic E-state index is 5.03. The standard InChI is InChI=1S/C48H30N6S/c1-4-12-33(13-5-1)43-49-44(34-14-6-2-7-15-34)51-46(50-43)36-24-20-31(21-25-36)32-22-26-37(27-23-32)47-52-45(35-16-8-3-9-17-35)53-48(54-47)38-28-29-40-39-18-10-11-19-41(39)55-42(40)30-38/h1-30H. The highest BCUT2D eigenvalue weighted by Crippen LogP contribution is 2.36. The van der Waals surface area contributed by atoms with Crippen LogP contribution in [0.15, 0.2) is 182 Å². The molecule has 0 amide bonds. The smallest absolute Gasteiger partial charge is 0.164 e. The second-order valence-corrected chi connectivity index (χ2v) is 14.3. The van der Waals surface area contributed by atoms with E-state index in [1.54, 1.807) is 11.3 Å². The summed E-state index contributed by atoms with van der Waals surface area (Å²) in [4.78, 5) is 29.6. The van der Waals surface area contributed by atoms with Crippen LogP contribution in [-0.4, -0.2) is 29.9 Å². The molecular formula is C48H30N6S. The molecule has 0 N–H and O–H groups in total. The number of aromatic nitrogens is 6. The first-order valence-corrected chi connectivity index (χ1v) is 18.8. The topological polar surface area (TPSA) is 77.3 Å². The Morgan fingerprint density at radius 1 is 0.236 bits per heavy atom. The highest BCUT2D eigenvalue weighted by Gasteiger charge is 2.15. The first-order chi connectivity index (χ1) is 27.2. The van der Waals surface area contributed by atoms with Gasteiger partial charge in [0, 0.05) is 53.6 Å². The Hall–Kier alpha value is -7.22. The summed E-state index contributed by atoms with van der Waals surface area (Å²) in [7, 11) is 0. The fraction of sp³-hybridized carbons (Fsp3) is 0. The van der Waals surface area contributed by atoms with Crippen LogP contribution in [0.25, 0.3) is 99.6 Å². The van der Waals surface area contributed by atoms with Crippen LogP contribution in [-0.2, 0) is 0 Å². The van der Waals surface area contributed by atoms with Crippen molar-refractivity contribution in [3.8, 4) is 79.5 Å². The van der Waals surface area contributed by atoms with Crippen LogP contribution < -0.4 is 0 Å². The Labute approximate surface area is 321 Å². The first-order valence-electron chi connectivity index (χ1n) is 18.0. The monoisotopic (exact) mass is 722 g/mol. The summed E-state index contributed by atoms with van der Waals surface area (Å²) < 4.78 is 2.48. The maximum absolute atomic E-state index is 5.03. The minimum absolute atomic E-state index is 0.625. The summed E-state index contributed by atoms with van der Waals surface area (Å²) in [5.74, 6) is 3.82. The molecule has 0 aliphatic heterocycles. The summed E-state index contributed by atoms with van der Waals surface area (Å²) in [5, 5.41) is 2.51. The molecule has 0 fully saturated rings. The number of fused-ring (bicyclic) bond motifs is 3. The zero-order valence-corrected chi connectivity index (χ0v) is 30.2. The van der Waals surface area contributed by atoms with E-state index in [1.165, 1.54) is 20.2 Å². The molecule has 7 heteroatoms. The molecule has 0 atom stereocenters. The lowest BCUT2D eigenvalue weighted by Crippen LogP contribution is -2.00. The van der Waals surface area contributed by atoms with Gasteiger partial charge in [-0.15, -0.1) is 11.3 Å². The third-order valence-electron chi connectivity index (χ3n) is 9.62. The largest absolute Gasteiger partial charge is 0.208 e. The quantitative estimate of drug-likeness (QED) is 0.163. The molecule has 3 aromatic heterocycles. The molecule has 0 saturated heterocycles. The normalized spacial score (nSPS) is 11.3. The van der Waals surface area contributed by atoms with Crippen molar-refractivity contribution in [2.24, 2.45) is 0 Å². The molecule has 10 rings (SSSR count). The molecular weight excluding hydrogens is 693 g/mol.